The van der Waals surface area contributed by atoms with Crippen LogP contribution in [-0.2, 0) is 19.4 Å². The normalized spacial score (nSPS) is 14.5. The highest BCUT2D eigenvalue weighted by Gasteiger charge is 2.18. The highest BCUT2D eigenvalue weighted by molar-refractivity contribution is 5.78. The van der Waals surface area contributed by atoms with Gasteiger partial charge >= 0.3 is 0 Å². The van der Waals surface area contributed by atoms with Crippen LogP contribution in [0.4, 0.5) is 5.69 Å². The van der Waals surface area contributed by atoms with E-state index in [1.54, 1.807) is 0 Å². The summed E-state index contributed by atoms with van der Waals surface area (Å²) >= 11 is 0. The lowest BCUT2D eigenvalue weighted by atomic mass is 10.0. The number of hydrogen-bond donors (Lipinski definition) is 0. The average Bonchev–Trinajstić information content (AvgIpc) is 2.65. The van der Waals surface area contributed by atoms with E-state index in [1.807, 2.05) is 18.5 Å². The molecule has 3 heterocycles. The lowest BCUT2D eigenvalue weighted by molar-refractivity contribution is 0.255. The van der Waals surface area contributed by atoms with Gasteiger partial charge in [0.1, 0.15) is 0 Å². The van der Waals surface area contributed by atoms with E-state index in [2.05, 4.69) is 59.2 Å². The predicted molar refractivity (Wildman–Crippen MR) is 103 cm³/mol. The summed E-state index contributed by atoms with van der Waals surface area (Å²) in [5, 5.41) is 1.14. The topological polar surface area (TPSA) is 32.3 Å². The molecule has 0 fully saturated rings. The van der Waals surface area contributed by atoms with E-state index in [1.165, 1.54) is 22.5 Å². The van der Waals surface area contributed by atoms with Crippen LogP contribution in [-0.4, -0.2) is 42.1 Å². The molecule has 0 atom stereocenters. The summed E-state index contributed by atoms with van der Waals surface area (Å²) in [7, 11) is 4.15. The molecule has 0 saturated carbocycles. The van der Waals surface area contributed by atoms with Gasteiger partial charge < -0.3 is 4.90 Å². The fourth-order valence-electron chi connectivity index (χ4n) is 3.48. The second-order valence-corrected chi connectivity index (χ2v) is 7.00. The van der Waals surface area contributed by atoms with Gasteiger partial charge in [0, 0.05) is 69.3 Å². The number of hydrogen-bond acceptors (Lipinski definition) is 4. The largest absolute Gasteiger partial charge is 0.378 e. The molecule has 0 aliphatic carbocycles. The minimum absolute atomic E-state index is 0.989. The Labute approximate surface area is 149 Å². The Morgan fingerprint density at radius 1 is 1.12 bits per heavy atom. The molecule has 0 saturated heterocycles. The smallest absolute Gasteiger partial charge is 0.0736 e. The van der Waals surface area contributed by atoms with Crippen LogP contribution in [0.25, 0.3) is 10.9 Å². The summed E-state index contributed by atoms with van der Waals surface area (Å²) in [4.78, 5) is 13.7. The van der Waals surface area contributed by atoms with E-state index in [-0.39, 0.29) is 0 Å². The van der Waals surface area contributed by atoms with Gasteiger partial charge in [-0.05, 0) is 41.8 Å². The molecule has 0 unspecified atom stereocenters. The first-order valence-corrected chi connectivity index (χ1v) is 8.90. The summed E-state index contributed by atoms with van der Waals surface area (Å²) in [6.45, 7) is 3.17. The van der Waals surface area contributed by atoms with E-state index in [0.717, 1.165) is 43.4 Å². The zero-order valence-corrected chi connectivity index (χ0v) is 14.9. The van der Waals surface area contributed by atoms with Gasteiger partial charge in [-0.3, -0.25) is 14.9 Å². The van der Waals surface area contributed by atoms with Crippen LogP contribution in [0.1, 0.15) is 16.8 Å². The van der Waals surface area contributed by atoms with Crippen LogP contribution in [0.2, 0.25) is 0 Å². The van der Waals surface area contributed by atoms with Crippen LogP contribution in [0.3, 0.4) is 0 Å². The first-order chi connectivity index (χ1) is 12.2. The van der Waals surface area contributed by atoms with E-state index in [4.69, 9.17) is 4.98 Å². The third-order valence-corrected chi connectivity index (χ3v) is 5.01. The van der Waals surface area contributed by atoms with Gasteiger partial charge in [0.25, 0.3) is 0 Å². The number of benzene rings is 1. The van der Waals surface area contributed by atoms with Crippen LogP contribution in [0.15, 0.2) is 48.8 Å². The van der Waals surface area contributed by atoms with Crippen molar-refractivity contribution in [3.63, 3.8) is 0 Å². The monoisotopic (exact) mass is 332 g/mol. The maximum atomic E-state index is 4.82. The Morgan fingerprint density at radius 3 is 2.76 bits per heavy atom. The molecule has 1 aromatic carbocycles. The molecule has 1 aliphatic rings. The molecular weight excluding hydrogens is 308 g/mol. The van der Waals surface area contributed by atoms with Crippen molar-refractivity contribution in [3.05, 3.63) is 65.6 Å². The molecule has 2 aromatic heterocycles. The maximum absolute atomic E-state index is 4.82. The molecule has 3 aromatic rings. The molecule has 0 N–H and O–H groups in total. The van der Waals surface area contributed by atoms with Crippen LogP contribution in [0, 0.1) is 0 Å². The average molecular weight is 332 g/mol. The number of aromatic nitrogens is 2. The summed E-state index contributed by atoms with van der Waals surface area (Å²) < 4.78 is 0. The number of pyridine rings is 2. The summed E-state index contributed by atoms with van der Waals surface area (Å²) in [5.41, 5.74) is 6.32. The molecule has 0 radical (unpaired) electrons. The SMILES string of the molecule is CN(C)c1ccc(CCN2CCc3nc4ccncc4cc3C2)cc1. The zero-order valence-electron chi connectivity index (χ0n) is 14.9. The van der Waals surface area contributed by atoms with Crippen molar-refractivity contribution in [1.29, 1.82) is 0 Å². The molecule has 4 nitrogen and oxygen atoms in total. The number of anilines is 1. The molecule has 0 bridgehead atoms. The van der Waals surface area contributed by atoms with Crippen LogP contribution < -0.4 is 4.90 Å². The quantitative estimate of drug-likeness (QED) is 0.734. The third-order valence-electron chi connectivity index (χ3n) is 5.01. The molecule has 4 heteroatoms. The fourth-order valence-corrected chi connectivity index (χ4v) is 3.48. The molecule has 0 spiro atoms. The Kier molecular flexibility index (Phi) is 4.36. The summed E-state index contributed by atoms with van der Waals surface area (Å²) in [6, 6.07) is 13.2. The van der Waals surface area contributed by atoms with Gasteiger partial charge in [0.15, 0.2) is 0 Å². The van der Waals surface area contributed by atoms with Crippen LogP contribution >= 0.6 is 0 Å². The van der Waals surface area contributed by atoms with Gasteiger partial charge in [-0.1, -0.05) is 12.1 Å². The van der Waals surface area contributed by atoms with E-state index < -0.39 is 0 Å². The van der Waals surface area contributed by atoms with Crippen molar-refractivity contribution >= 4 is 16.6 Å². The first-order valence-electron chi connectivity index (χ1n) is 8.90. The van der Waals surface area contributed by atoms with E-state index >= 15 is 0 Å². The molecule has 25 heavy (non-hydrogen) atoms. The number of fused-ring (bicyclic) bond motifs is 2. The minimum atomic E-state index is 0.989. The van der Waals surface area contributed by atoms with Gasteiger partial charge in [-0.25, -0.2) is 0 Å². The fraction of sp³-hybridized carbons (Fsp3) is 0.333. The zero-order chi connectivity index (χ0) is 17.2. The summed E-state index contributed by atoms with van der Waals surface area (Å²) in [5.74, 6) is 0. The Bertz CT molecular complexity index is 871. The molecule has 128 valence electrons. The Balaban J connectivity index is 1.43. The minimum Gasteiger partial charge on any atom is -0.378 e. The lowest BCUT2D eigenvalue weighted by Crippen LogP contribution is -2.32. The van der Waals surface area contributed by atoms with Gasteiger partial charge in [0.05, 0.1) is 5.52 Å². The van der Waals surface area contributed by atoms with Gasteiger partial charge in [0.2, 0.25) is 0 Å². The Morgan fingerprint density at radius 2 is 1.96 bits per heavy atom. The number of nitrogens with zero attached hydrogens (tertiary/aromatic N) is 4. The van der Waals surface area contributed by atoms with Gasteiger partial charge in [-0.15, -0.1) is 0 Å². The second-order valence-electron chi connectivity index (χ2n) is 7.00. The molecular formula is C21H24N4. The van der Waals surface area contributed by atoms with E-state index in [9.17, 15) is 0 Å². The predicted octanol–water partition coefficient (Wildman–Crippen LogP) is 3.30. The first kappa shape index (κ1) is 16.0. The van der Waals surface area contributed by atoms with Crippen LogP contribution in [0.5, 0.6) is 0 Å². The van der Waals surface area contributed by atoms with Gasteiger partial charge in [-0.2, -0.15) is 0 Å². The highest BCUT2D eigenvalue weighted by atomic mass is 15.1. The van der Waals surface area contributed by atoms with Crippen molar-refractivity contribution in [2.45, 2.75) is 19.4 Å². The molecule has 4 rings (SSSR count). The van der Waals surface area contributed by atoms with Crippen molar-refractivity contribution in [2.75, 3.05) is 32.1 Å². The van der Waals surface area contributed by atoms with E-state index in [0.29, 0.717) is 0 Å². The molecule has 0 amide bonds. The second kappa shape index (κ2) is 6.81. The third kappa shape index (κ3) is 3.49. The number of rotatable bonds is 4. The lowest BCUT2D eigenvalue weighted by Gasteiger charge is -2.28. The van der Waals surface area contributed by atoms with Crippen molar-refractivity contribution in [3.8, 4) is 0 Å². The summed E-state index contributed by atoms with van der Waals surface area (Å²) in [6.07, 6.45) is 5.85. The van der Waals surface area contributed by atoms with Crippen molar-refractivity contribution in [2.24, 2.45) is 0 Å². The molecule has 1 aliphatic heterocycles. The standard InChI is InChI=1S/C21H24N4/c1-24(2)19-5-3-16(4-6-19)8-11-25-12-9-21-18(15-25)13-17-14-22-10-7-20(17)23-21/h3-7,10,13-14H,8-9,11-12,15H2,1-2H3. The van der Waals surface area contributed by atoms with Crippen molar-refractivity contribution in [1.82, 2.24) is 14.9 Å². The Hall–Kier alpha value is -2.46. The highest BCUT2D eigenvalue weighted by Crippen LogP contribution is 2.22. The maximum Gasteiger partial charge on any atom is 0.0736 e. The van der Waals surface area contributed by atoms with Crippen molar-refractivity contribution < 1.29 is 0 Å².